The SMILES string of the molecule is CCCCCN1CC[C@]2(c3ccc(OC)c(OC)c3)CC[C@@H](NC(=S)NCCCC)C[C@H]12.O=C(O)C(F)(F)F. The molecular weight excluding hydrogens is 531 g/mol. The molecule has 1 aliphatic heterocycles. The number of carboxylic acid groups (broad SMARTS) is 1. The van der Waals surface area contributed by atoms with Gasteiger partial charge in [0.05, 0.1) is 14.2 Å². The van der Waals surface area contributed by atoms with Crippen molar-refractivity contribution in [1.82, 2.24) is 15.5 Å². The minimum atomic E-state index is -5.08. The Morgan fingerprint density at radius 2 is 1.79 bits per heavy atom. The third kappa shape index (κ3) is 9.13. The molecule has 0 bridgehead atoms. The van der Waals surface area contributed by atoms with Gasteiger partial charge in [0.1, 0.15) is 0 Å². The van der Waals surface area contributed by atoms with Crippen LogP contribution in [0.2, 0.25) is 0 Å². The Kier molecular flexibility index (Phi) is 13.1. The fraction of sp³-hybridized carbons (Fsp3) is 0.714. The summed E-state index contributed by atoms with van der Waals surface area (Å²) in [7, 11) is 3.44. The minimum absolute atomic E-state index is 0.182. The first-order chi connectivity index (χ1) is 18.5. The van der Waals surface area contributed by atoms with Gasteiger partial charge in [0.25, 0.3) is 0 Å². The van der Waals surface area contributed by atoms with Crippen molar-refractivity contribution >= 4 is 23.3 Å². The molecule has 2 aliphatic rings. The molecule has 7 nitrogen and oxygen atoms in total. The lowest BCUT2D eigenvalue weighted by Gasteiger charge is -2.46. The molecular formula is C28H44F3N3O4S. The number of likely N-dealkylation sites (tertiary alicyclic amines) is 1. The number of rotatable bonds is 11. The van der Waals surface area contributed by atoms with Crippen molar-refractivity contribution in [3.63, 3.8) is 0 Å². The van der Waals surface area contributed by atoms with E-state index in [1.807, 2.05) is 0 Å². The highest BCUT2D eigenvalue weighted by molar-refractivity contribution is 7.80. The maximum absolute atomic E-state index is 10.6. The van der Waals surface area contributed by atoms with Crippen molar-refractivity contribution in [3.05, 3.63) is 23.8 Å². The van der Waals surface area contributed by atoms with E-state index >= 15 is 0 Å². The van der Waals surface area contributed by atoms with E-state index in [1.165, 1.54) is 57.2 Å². The van der Waals surface area contributed by atoms with Crippen molar-refractivity contribution < 1.29 is 32.5 Å². The summed E-state index contributed by atoms with van der Waals surface area (Å²) in [5, 5.41) is 15.0. The zero-order valence-corrected chi connectivity index (χ0v) is 24.3. The summed E-state index contributed by atoms with van der Waals surface area (Å²) in [6, 6.07) is 7.54. The lowest BCUT2D eigenvalue weighted by molar-refractivity contribution is -0.192. The fourth-order valence-corrected chi connectivity index (χ4v) is 5.97. The molecule has 0 unspecified atom stereocenters. The smallest absolute Gasteiger partial charge is 0.490 e. The maximum atomic E-state index is 10.6. The van der Waals surface area contributed by atoms with Crippen LogP contribution in [0.1, 0.15) is 77.2 Å². The lowest BCUT2D eigenvalue weighted by Crippen LogP contribution is -2.53. The number of aliphatic carboxylic acids is 1. The van der Waals surface area contributed by atoms with Crippen molar-refractivity contribution in [2.45, 2.75) is 95.3 Å². The Balaban J connectivity index is 0.000000673. The molecule has 1 aliphatic carbocycles. The van der Waals surface area contributed by atoms with Crippen LogP contribution in [0.15, 0.2) is 18.2 Å². The van der Waals surface area contributed by atoms with Gasteiger partial charge in [-0.2, -0.15) is 13.2 Å². The fourth-order valence-electron chi connectivity index (χ4n) is 5.71. The van der Waals surface area contributed by atoms with Crippen LogP contribution in [0.3, 0.4) is 0 Å². The number of nitrogens with zero attached hydrogens (tertiary/aromatic N) is 1. The number of thiocarbonyl (C=S) groups is 1. The Morgan fingerprint density at radius 1 is 1.13 bits per heavy atom. The zero-order chi connectivity index (χ0) is 29.1. The molecule has 39 heavy (non-hydrogen) atoms. The molecule has 1 saturated carbocycles. The molecule has 1 heterocycles. The molecule has 0 aromatic heterocycles. The third-order valence-electron chi connectivity index (χ3n) is 7.77. The number of alkyl halides is 3. The average Bonchev–Trinajstić information content (AvgIpc) is 3.27. The second-order valence-corrected chi connectivity index (χ2v) is 10.7. The van der Waals surface area contributed by atoms with Crippen LogP contribution < -0.4 is 20.1 Å². The zero-order valence-electron chi connectivity index (χ0n) is 23.5. The number of methoxy groups -OCH3 is 2. The molecule has 0 spiro atoms. The van der Waals surface area contributed by atoms with Crippen LogP contribution in [-0.2, 0) is 10.2 Å². The molecule has 1 aromatic carbocycles. The third-order valence-corrected chi connectivity index (χ3v) is 8.03. The lowest BCUT2D eigenvalue weighted by atomic mass is 9.65. The summed E-state index contributed by atoms with van der Waals surface area (Å²) in [6.07, 6.45) is 5.77. The molecule has 1 saturated heterocycles. The van der Waals surface area contributed by atoms with Gasteiger partial charge in [-0.15, -0.1) is 0 Å². The van der Waals surface area contributed by atoms with E-state index in [1.54, 1.807) is 14.2 Å². The molecule has 3 N–H and O–H groups in total. The molecule has 1 aromatic rings. The van der Waals surface area contributed by atoms with E-state index in [2.05, 4.69) is 47.6 Å². The predicted molar refractivity (Wildman–Crippen MR) is 151 cm³/mol. The van der Waals surface area contributed by atoms with Gasteiger partial charge >= 0.3 is 12.1 Å². The molecule has 222 valence electrons. The molecule has 0 radical (unpaired) electrons. The Morgan fingerprint density at radius 3 is 2.38 bits per heavy atom. The Labute approximate surface area is 235 Å². The number of fused-ring (bicyclic) bond motifs is 1. The maximum Gasteiger partial charge on any atom is 0.490 e. The summed E-state index contributed by atoms with van der Waals surface area (Å²) in [5.74, 6) is -1.11. The van der Waals surface area contributed by atoms with E-state index in [4.69, 9.17) is 31.6 Å². The predicted octanol–water partition coefficient (Wildman–Crippen LogP) is 5.66. The number of carboxylic acids is 1. The van der Waals surface area contributed by atoms with Gasteiger partial charge in [-0.25, -0.2) is 4.79 Å². The Bertz CT molecular complexity index is 934. The highest BCUT2D eigenvalue weighted by Gasteiger charge is 2.51. The van der Waals surface area contributed by atoms with Gasteiger partial charge in [-0.1, -0.05) is 39.2 Å². The van der Waals surface area contributed by atoms with E-state index in [-0.39, 0.29) is 5.41 Å². The number of nitrogens with one attached hydrogen (secondary N) is 2. The van der Waals surface area contributed by atoms with Gasteiger partial charge < -0.3 is 25.2 Å². The molecule has 3 rings (SSSR count). The number of hydrogen-bond donors (Lipinski definition) is 3. The second-order valence-electron chi connectivity index (χ2n) is 10.3. The quantitative estimate of drug-likeness (QED) is 0.231. The van der Waals surface area contributed by atoms with Crippen molar-refractivity contribution in [3.8, 4) is 11.5 Å². The van der Waals surface area contributed by atoms with E-state index in [0.29, 0.717) is 12.1 Å². The number of ether oxygens (including phenoxy) is 2. The van der Waals surface area contributed by atoms with Crippen LogP contribution in [0.4, 0.5) is 13.2 Å². The molecule has 3 atom stereocenters. The summed E-state index contributed by atoms with van der Waals surface area (Å²) in [5.41, 5.74) is 1.58. The monoisotopic (exact) mass is 575 g/mol. The van der Waals surface area contributed by atoms with Crippen LogP contribution in [0.5, 0.6) is 11.5 Å². The normalized spacial score (nSPS) is 22.7. The van der Waals surface area contributed by atoms with Gasteiger partial charge in [-0.05, 0) is 81.5 Å². The number of halogens is 3. The van der Waals surface area contributed by atoms with E-state index < -0.39 is 12.1 Å². The number of hydrogen-bond acceptors (Lipinski definition) is 5. The minimum Gasteiger partial charge on any atom is -0.493 e. The summed E-state index contributed by atoms with van der Waals surface area (Å²) in [6.45, 7) is 7.82. The van der Waals surface area contributed by atoms with Gasteiger partial charge in [0, 0.05) is 24.0 Å². The first-order valence-electron chi connectivity index (χ1n) is 13.8. The number of unbranched alkanes of at least 4 members (excludes halogenated alkanes) is 3. The number of carbonyl (C=O) groups is 1. The first kappa shape index (κ1) is 32.9. The van der Waals surface area contributed by atoms with Crippen LogP contribution in [0.25, 0.3) is 0 Å². The molecule has 2 fully saturated rings. The second kappa shape index (κ2) is 15.5. The standard InChI is InChI=1S/C26H43N3O2S.C2HF3O2/c1-5-7-9-16-29-17-14-26(20-10-11-22(30-3)23(18-20)31-4)13-12-21(19-24(26)29)28-25(32)27-15-8-6-2;3-2(4,5)1(6)7/h10-11,18,21,24H,5-9,12-17,19H2,1-4H3,(H2,27,28,32);(H,6,7)/t21-,24+,26+;/m1./s1. The van der Waals surface area contributed by atoms with Crippen molar-refractivity contribution in [2.24, 2.45) is 0 Å². The van der Waals surface area contributed by atoms with Gasteiger partial charge in [0.15, 0.2) is 16.6 Å². The van der Waals surface area contributed by atoms with Crippen LogP contribution in [0, 0.1) is 0 Å². The van der Waals surface area contributed by atoms with Gasteiger partial charge in [-0.3, -0.25) is 4.90 Å². The topological polar surface area (TPSA) is 83.1 Å². The largest absolute Gasteiger partial charge is 0.493 e. The summed E-state index contributed by atoms with van der Waals surface area (Å²) in [4.78, 5) is 11.7. The van der Waals surface area contributed by atoms with E-state index in [0.717, 1.165) is 42.4 Å². The highest BCUT2D eigenvalue weighted by Crippen LogP contribution is 2.50. The average molecular weight is 576 g/mol. The van der Waals surface area contributed by atoms with Gasteiger partial charge in [0.2, 0.25) is 0 Å². The summed E-state index contributed by atoms with van der Waals surface area (Å²) < 4.78 is 42.9. The van der Waals surface area contributed by atoms with Crippen molar-refractivity contribution in [2.75, 3.05) is 33.9 Å². The summed E-state index contributed by atoms with van der Waals surface area (Å²) >= 11 is 5.60. The van der Waals surface area contributed by atoms with Crippen molar-refractivity contribution in [1.29, 1.82) is 0 Å². The number of benzene rings is 1. The first-order valence-corrected chi connectivity index (χ1v) is 14.2. The van der Waals surface area contributed by atoms with E-state index in [9.17, 15) is 13.2 Å². The van der Waals surface area contributed by atoms with Crippen LogP contribution in [-0.4, -0.2) is 73.2 Å². The highest BCUT2D eigenvalue weighted by atomic mass is 32.1. The van der Waals surface area contributed by atoms with Crippen LogP contribution >= 0.6 is 12.2 Å². The molecule has 0 amide bonds. The Hall–Kier alpha value is -2.27. The molecule has 11 heteroatoms.